The molecule has 0 amide bonds. The summed E-state index contributed by atoms with van der Waals surface area (Å²) in [6.45, 7) is 2.55. The van der Waals surface area contributed by atoms with Gasteiger partial charge in [-0.15, -0.1) is 0 Å². The molecule has 0 spiro atoms. The van der Waals surface area contributed by atoms with Crippen molar-refractivity contribution in [3.63, 3.8) is 0 Å². The van der Waals surface area contributed by atoms with E-state index in [-0.39, 0.29) is 19.0 Å². The standard InChI is InChI=1S/C13H19FO3/c1-2-17-8-7-13(9-15,10-16)11-3-5-12(14)6-4-11/h3-6,15-16H,2,7-10H2,1H3. The summed E-state index contributed by atoms with van der Waals surface area (Å²) >= 11 is 0. The normalized spacial score (nSPS) is 11.8. The fourth-order valence-electron chi connectivity index (χ4n) is 1.75. The summed E-state index contributed by atoms with van der Waals surface area (Å²) in [4.78, 5) is 0. The minimum Gasteiger partial charge on any atom is -0.395 e. The summed E-state index contributed by atoms with van der Waals surface area (Å²) < 4.78 is 18.1. The zero-order valence-electron chi connectivity index (χ0n) is 10.0. The van der Waals surface area contributed by atoms with Crippen molar-refractivity contribution >= 4 is 0 Å². The van der Waals surface area contributed by atoms with Crippen molar-refractivity contribution in [3.8, 4) is 0 Å². The number of hydrogen-bond donors (Lipinski definition) is 2. The highest BCUT2D eigenvalue weighted by molar-refractivity contribution is 5.26. The molecule has 0 aliphatic heterocycles. The van der Waals surface area contributed by atoms with Crippen LogP contribution >= 0.6 is 0 Å². The molecule has 0 saturated carbocycles. The highest BCUT2D eigenvalue weighted by Crippen LogP contribution is 2.27. The summed E-state index contributed by atoms with van der Waals surface area (Å²) in [6.07, 6.45) is 0.499. The van der Waals surface area contributed by atoms with Gasteiger partial charge in [-0.3, -0.25) is 0 Å². The van der Waals surface area contributed by atoms with Gasteiger partial charge in [-0.1, -0.05) is 12.1 Å². The number of halogens is 1. The number of rotatable bonds is 7. The fraction of sp³-hybridized carbons (Fsp3) is 0.538. The Morgan fingerprint density at radius 3 is 2.24 bits per heavy atom. The second-order valence-electron chi connectivity index (χ2n) is 4.05. The van der Waals surface area contributed by atoms with E-state index >= 15 is 0 Å². The van der Waals surface area contributed by atoms with E-state index in [1.165, 1.54) is 12.1 Å². The van der Waals surface area contributed by atoms with Gasteiger partial charge in [-0.2, -0.15) is 0 Å². The van der Waals surface area contributed by atoms with Gasteiger partial charge in [0.15, 0.2) is 0 Å². The smallest absolute Gasteiger partial charge is 0.123 e. The Hall–Kier alpha value is -0.970. The Labute approximate surface area is 101 Å². The lowest BCUT2D eigenvalue weighted by Crippen LogP contribution is -2.36. The third-order valence-corrected chi connectivity index (χ3v) is 2.99. The Balaban J connectivity index is 2.85. The Kier molecular flexibility index (Phi) is 5.55. The Morgan fingerprint density at radius 2 is 1.76 bits per heavy atom. The van der Waals surface area contributed by atoms with Crippen LogP contribution in [0.3, 0.4) is 0 Å². The first-order valence-corrected chi connectivity index (χ1v) is 5.74. The van der Waals surface area contributed by atoms with Crippen LogP contribution in [-0.4, -0.2) is 36.6 Å². The van der Waals surface area contributed by atoms with Gasteiger partial charge < -0.3 is 14.9 Å². The van der Waals surface area contributed by atoms with Crippen LogP contribution in [0.5, 0.6) is 0 Å². The molecule has 0 bridgehead atoms. The summed E-state index contributed by atoms with van der Waals surface area (Å²) in [5.74, 6) is -0.330. The van der Waals surface area contributed by atoms with Crippen LogP contribution in [0.2, 0.25) is 0 Å². The van der Waals surface area contributed by atoms with E-state index in [1.807, 2.05) is 6.92 Å². The van der Waals surface area contributed by atoms with E-state index in [0.29, 0.717) is 19.6 Å². The van der Waals surface area contributed by atoms with Crippen LogP contribution in [-0.2, 0) is 10.2 Å². The van der Waals surface area contributed by atoms with E-state index in [0.717, 1.165) is 5.56 Å². The van der Waals surface area contributed by atoms with Crippen LogP contribution in [0.25, 0.3) is 0 Å². The number of ether oxygens (including phenoxy) is 1. The molecule has 0 fully saturated rings. The lowest BCUT2D eigenvalue weighted by Gasteiger charge is -2.30. The summed E-state index contributed by atoms with van der Waals surface area (Å²) in [5.41, 5.74) is -0.0355. The molecule has 1 aromatic rings. The molecular formula is C13H19FO3. The molecule has 0 aliphatic carbocycles. The average molecular weight is 242 g/mol. The second-order valence-corrected chi connectivity index (χ2v) is 4.05. The van der Waals surface area contributed by atoms with E-state index < -0.39 is 5.41 Å². The van der Waals surface area contributed by atoms with Crippen molar-refractivity contribution in [3.05, 3.63) is 35.6 Å². The van der Waals surface area contributed by atoms with Crippen molar-refractivity contribution < 1.29 is 19.3 Å². The minimum absolute atomic E-state index is 0.192. The summed E-state index contributed by atoms with van der Waals surface area (Å²) in [6, 6.07) is 5.84. The molecule has 2 N–H and O–H groups in total. The van der Waals surface area contributed by atoms with Crippen molar-refractivity contribution in [2.24, 2.45) is 0 Å². The summed E-state index contributed by atoms with van der Waals surface area (Å²) in [5, 5.41) is 19.0. The van der Waals surface area contributed by atoms with Crippen LogP contribution in [0, 0.1) is 5.82 Å². The first kappa shape index (κ1) is 14.1. The fourth-order valence-corrected chi connectivity index (χ4v) is 1.75. The molecule has 0 saturated heterocycles. The first-order chi connectivity index (χ1) is 8.18. The quantitative estimate of drug-likeness (QED) is 0.712. The molecule has 0 aliphatic rings. The maximum Gasteiger partial charge on any atom is 0.123 e. The molecule has 0 radical (unpaired) electrons. The van der Waals surface area contributed by atoms with Crippen molar-refractivity contribution in [2.75, 3.05) is 26.4 Å². The first-order valence-electron chi connectivity index (χ1n) is 5.74. The molecule has 1 rings (SSSR count). The molecular weight excluding hydrogens is 223 g/mol. The molecule has 0 atom stereocenters. The number of hydrogen-bond acceptors (Lipinski definition) is 3. The van der Waals surface area contributed by atoms with E-state index in [2.05, 4.69) is 0 Å². The SMILES string of the molecule is CCOCCC(CO)(CO)c1ccc(F)cc1. The van der Waals surface area contributed by atoms with E-state index in [4.69, 9.17) is 4.74 Å². The highest BCUT2D eigenvalue weighted by atomic mass is 19.1. The van der Waals surface area contributed by atoms with E-state index in [1.54, 1.807) is 12.1 Å². The molecule has 96 valence electrons. The van der Waals surface area contributed by atoms with Gasteiger partial charge in [0.1, 0.15) is 5.82 Å². The molecule has 0 heterocycles. The maximum absolute atomic E-state index is 12.8. The predicted molar refractivity (Wildman–Crippen MR) is 63.4 cm³/mol. The van der Waals surface area contributed by atoms with Crippen LogP contribution in [0.1, 0.15) is 18.9 Å². The van der Waals surface area contributed by atoms with Crippen molar-refractivity contribution in [2.45, 2.75) is 18.8 Å². The number of benzene rings is 1. The maximum atomic E-state index is 12.8. The zero-order chi connectivity index (χ0) is 12.7. The Morgan fingerprint density at radius 1 is 1.18 bits per heavy atom. The van der Waals surface area contributed by atoms with Crippen molar-refractivity contribution in [1.29, 1.82) is 0 Å². The van der Waals surface area contributed by atoms with Crippen LogP contribution in [0.15, 0.2) is 24.3 Å². The van der Waals surface area contributed by atoms with Crippen molar-refractivity contribution in [1.82, 2.24) is 0 Å². The van der Waals surface area contributed by atoms with Crippen LogP contribution in [0.4, 0.5) is 4.39 Å². The van der Waals surface area contributed by atoms with Gasteiger partial charge in [0.25, 0.3) is 0 Å². The van der Waals surface area contributed by atoms with Gasteiger partial charge in [0, 0.05) is 18.6 Å². The van der Waals surface area contributed by atoms with Gasteiger partial charge in [-0.25, -0.2) is 4.39 Å². The Bertz CT molecular complexity index is 320. The summed E-state index contributed by atoms with van der Waals surface area (Å²) in [7, 11) is 0. The molecule has 0 unspecified atom stereocenters. The third-order valence-electron chi connectivity index (χ3n) is 2.99. The van der Waals surface area contributed by atoms with Gasteiger partial charge in [0.05, 0.1) is 13.2 Å². The van der Waals surface area contributed by atoms with Gasteiger partial charge in [0.2, 0.25) is 0 Å². The lowest BCUT2D eigenvalue weighted by atomic mass is 9.79. The minimum atomic E-state index is -0.761. The average Bonchev–Trinajstić information content (AvgIpc) is 2.37. The topological polar surface area (TPSA) is 49.7 Å². The van der Waals surface area contributed by atoms with Gasteiger partial charge in [-0.05, 0) is 31.0 Å². The van der Waals surface area contributed by atoms with E-state index in [9.17, 15) is 14.6 Å². The molecule has 17 heavy (non-hydrogen) atoms. The largest absolute Gasteiger partial charge is 0.395 e. The highest BCUT2D eigenvalue weighted by Gasteiger charge is 2.30. The molecule has 0 aromatic heterocycles. The van der Waals surface area contributed by atoms with Gasteiger partial charge >= 0.3 is 0 Å². The monoisotopic (exact) mass is 242 g/mol. The molecule has 4 heteroatoms. The number of aliphatic hydroxyl groups excluding tert-OH is 2. The number of aliphatic hydroxyl groups is 2. The lowest BCUT2D eigenvalue weighted by molar-refractivity contribution is 0.0666. The van der Waals surface area contributed by atoms with Crippen LogP contribution < -0.4 is 0 Å². The predicted octanol–water partition coefficient (Wildman–Crippen LogP) is 1.47. The molecule has 1 aromatic carbocycles. The molecule has 3 nitrogen and oxygen atoms in total. The second kappa shape index (κ2) is 6.69. The zero-order valence-corrected chi connectivity index (χ0v) is 10.0. The third kappa shape index (κ3) is 3.49.